The monoisotopic (exact) mass is 366 g/mol. The van der Waals surface area contributed by atoms with Crippen LogP contribution in [0.5, 0.6) is 0 Å². The molecule has 0 saturated carbocycles. The molecule has 3 rings (SSSR count). The topological polar surface area (TPSA) is 70.7 Å². The fourth-order valence-electron chi connectivity index (χ4n) is 2.14. The second-order valence-corrected chi connectivity index (χ2v) is 5.44. The minimum absolute atomic E-state index is 0.0640. The number of aromatic amines is 1. The summed E-state index contributed by atoms with van der Waals surface area (Å²) in [7, 11) is 0. The van der Waals surface area contributed by atoms with E-state index < -0.39 is 22.3 Å². The second kappa shape index (κ2) is 6.56. The van der Waals surface area contributed by atoms with Crippen LogP contribution in [-0.4, -0.2) is 15.2 Å². The maximum absolute atomic E-state index is 12.9. The minimum Gasteiger partial charge on any atom is -0.324 e. The molecule has 0 atom stereocenters. The average molecular weight is 367 g/mol. The quantitative estimate of drug-likeness (QED) is 0.727. The molecule has 0 bridgehead atoms. The number of nitrogens with one attached hydrogen (secondary N) is 2. The number of anilines is 2. The van der Waals surface area contributed by atoms with Crippen molar-refractivity contribution in [1.29, 1.82) is 0 Å². The molecule has 9 heteroatoms. The Hall–Kier alpha value is -2.87. The van der Waals surface area contributed by atoms with Crippen LogP contribution in [0, 0.1) is 0 Å². The Bertz CT molecular complexity index is 958. The minimum atomic E-state index is -4.59. The van der Waals surface area contributed by atoms with Crippen molar-refractivity contribution in [2.75, 3.05) is 5.32 Å². The Morgan fingerprint density at radius 1 is 1.04 bits per heavy atom. The van der Waals surface area contributed by atoms with Crippen LogP contribution in [0.15, 0.2) is 53.3 Å². The summed E-state index contributed by atoms with van der Waals surface area (Å²) in [5.74, 6) is -0.0832. The number of nitrogens with zero attached hydrogens (tertiary/aromatic N) is 2. The van der Waals surface area contributed by atoms with Gasteiger partial charge in [0.25, 0.3) is 5.56 Å². The number of halogens is 4. The lowest BCUT2D eigenvalue weighted by Crippen LogP contribution is -2.15. The number of alkyl halides is 3. The van der Waals surface area contributed by atoms with Gasteiger partial charge in [-0.3, -0.25) is 9.78 Å². The summed E-state index contributed by atoms with van der Waals surface area (Å²) in [6, 6.07) is 11.9. The first-order valence-electron chi connectivity index (χ1n) is 7.01. The standard InChI is InChI=1S/C16H10ClF3N4O/c17-12-7-6-10(8-11(12)16(18,19)20)21-15-22-14(25)13(23-24-15)9-4-2-1-3-5-9/h1-8H,(H2,21,22,24,25). The van der Waals surface area contributed by atoms with Crippen LogP contribution in [0.25, 0.3) is 11.3 Å². The van der Waals surface area contributed by atoms with Gasteiger partial charge in [0.15, 0.2) is 5.69 Å². The van der Waals surface area contributed by atoms with E-state index in [4.69, 9.17) is 11.6 Å². The zero-order valence-electron chi connectivity index (χ0n) is 12.4. The summed E-state index contributed by atoms with van der Waals surface area (Å²) in [5, 5.41) is 9.78. The zero-order valence-corrected chi connectivity index (χ0v) is 13.2. The average Bonchev–Trinajstić information content (AvgIpc) is 2.56. The Kier molecular flexibility index (Phi) is 4.45. The number of hydrogen-bond acceptors (Lipinski definition) is 4. The fraction of sp³-hybridized carbons (Fsp3) is 0.0625. The van der Waals surface area contributed by atoms with Crippen molar-refractivity contribution in [3.8, 4) is 11.3 Å². The summed E-state index contributed by atoms with van der Waals surface area (Å²) < 4.78 is 38.6. The van der Waals surface area contributed by atoms with Gasteiger partial charge in [-0.1, -0.05) is 41.9 Å². The van der Waals surface area contributed by atoms with Crippen LogP contribution in [-0.2, 0) is 6.18 Å². The number of benzene rings is 2. The molecule has 0 saturated heterocycles. The first kappa shape index (κ1) is 17.0. The number of hydrogen-bond donors (Lipinski definition) is 2. The maximum Gasteiger partial charge on any atom is 0.417 e. The van der Waals surface area contributed by atoms with Crippen molar-refractivity contribution in [3.63, 3.8) is 0 Å². The number of rotatable bonds is 3. The summed E-state index contributed by atoms with van der Waals surface area (Å²) in [5.41, 5.74) is -0.759. The highest BCUT2D eigenvalue weighted by molar-refractivity contribution is 6.31. The Morgan fingerprint density at radius 3 is 2.40 bits per heavy atom. The van der Waals surface area contributed by atoms with Crippen LogP contribution in [0.3, 0.4) is 0 Å². The molecule has 3 aromatic rings. The number of aromatic nitrogens is 3. The van der Waals surface area contributed by atoms with Crippen LogP contribution in [0.4, 0.5) is 24.8 Å². The van der Waals surface area contributed by atoms with Gasteiger partial charge in [0.05, 0.1) is 10.6 Å². The van der Waals surface area contributed by atoms with Crippen LogP contribution >= 0.6 is 11.6 Å². The molecule has 0 spiro atoms. The second-order valence-electron chi connectivity index (χ2n) is 5.03. The third-order valence-corrected chi connectivity index (χ3v) is 3.61. The molecule has 0 amide bonds. The van der Waals surface area contributed by atoms with Crippen molar-refractivity contribution < 1.29 is 13.2 Å². The van der Waals surface area contributed by atoms with Gasteiger partial charge in [0.1, 0.15) is 0 Å². The van der Waals surface area contributed by atoms with Gasteiger partial charge in [-0.05, 0) is 18.2 Å². The van der Waals surface area contributed by atoms with Crippen LogP contribution in [0.2, 0.25) is 5.02 Å². The van der Waals surface area contributed by atoms with Crippen molar-refractivity contribution >= 4 is 23.2 Å². The highest BCUT2D eigenvalue weighted by Gasteiger charge is 2.33. The first-order chi connectivity index (χ1) is 11.8. The molecule has 1 heterocycles. The maximum atomic E-state index is 12.9. The van der Waals surface area contributed by atoms with E-state index in [-0.39, 0.29) is 17.3 Å². The molecule has 0 unspecified atom stereocenters. The van der Waals surface area contributed by atoms with Crippen molar-refractivity contribution in [2.45, 2.75) is 6.18 Å². The van der Waals surface area contributed by atoms with E-state index in [2.05, 4.69) is 20.5 Å². The summed E-state index contributed by atoms with van der Waals surface area (Å²) in [4.78, 5) is 14.6. The largest absolute Gasteiger partial charge is 0.417 e. The van der Waals surface area contributed by atoms with Gasteiger partial charge in [0, 0.05) is 11.3 Å². The van der Waals surface area contributed by atoms with Gasteiger partial charge < -0.3 is 5.32 Å². The molecule has 0 radical (unpaired) electrons. The highest BCUT2D eigenvalue weighted by Crippen LogP contribution is 2.36. The normalized spacial score (nSPS) is 11.4. The van der Waals surface area contributed by atoms with Gasteiger partial charge >= 0.3 is 6.18 Å². The first-order valence-corrected chi connectivity index (χ1v) is 7.38. The Labute approximate surface area is 144 Å². The van der Waals surface area contributed by atoms with E-state index in [9.17, 15) is 18.0 Å². The smallest absolute Gasteiger partial charge is 0.324 e. The zero-order chi connectivity index (χ0) is 18.0. The molecule has 2 N–H and O–H groups in total. The van der Waals surface area contributed by atoms with Crippen LogP contribution < -0.4 is 10.9 Å². The number of H-pyrrole nitrogens is 1. The predicted molar refractivity (Wildman–Crippen MR) is 87.8 cm³/mol. The molecule has 0 aliphatic rings. The van der Waals surface area contributed by atoms with E-state index in [0.717, 1.165) is 12.1 Å². The van der Waals surface area contributed by atoms with E-state index >= 15 is 0 Å². The predicted octanol–water partition coefficient (Wildman–Crippen LogP) is 4.25. The molecule has 25 heavy (non-hydrogen) atoms. The van der Waals surface area contributed by atoms with E-state index in [1.807, 2.05) is 0 Å². The third kappa shape index (κ3) is 3.80. The molecule has 0 aliphatic carbocycles. The van der Waals surface area contributed by atoms with Crippen LogP contribution in [0.1, 0.15) is 5.56 Å². The van der Waals surface area contributed by atoms with Gasteiger partial charge in [-0.2, -0.15) is 13.2 Å². The molecule has 0 fully saturated rings. The lowest BCUT2D eigenvalue weighted by Gasteiger charge is -2.11. The Morgan fingerprint density at radius 2 is 1.76 bits per heavy atom. The molecule has 1 aromatic heterocycles. The van der Waals surface area contributed by atoms with Gasteiger partial charge in [0.2, 0.25) is 5.95 Å². The summed E-state index contributed by atoms with van der Waals surface area (Å²) in [6.45, 7) is 0. The highest BCUT2D eigenvalue weighted by atomic mass is 35.5. The lowest BCUT2D eigenvalue weighted by molar-refractivity contribution is -0.137. The molecular formula is C16H10ClF3N4O. The third-order valence-electron chi connectivity index (χ3n) is 3.28. The van der Waals surface area contributed by atoms with E-state index in [1.54, 1.807) is 30.3 Å². The van der Waals surface area contributed by atoms with Crippen molar-refractivity contribution in [2.24, 2.45) is 0 Å². The molecular weight excluding hydrogens is 357 g/mol. The van der Waals surface area contributed by atoms with Crippen molar-refractivity contribution in [1.82, 2.24) is 15.2 Å². The molecule has 128 valence electrons. The van der Waals surface area contributed by atoms with Crippen molar-refractivity contribution in [3.05, 3.63) is 69.5 Å². The van der Waals surface area contributed by atoms with E-state index in [1.165, 1.54) is 6.07 Å². The molecule has 0 aliphatic heterocycles. The molecule has 5 nitrogen and oxygen atoms in total. The Balaban J connectivity index is 1.90. The van der Waals surface area contributed by atoms with Gasteiger partial charge in [-0.15, -0.1) is 10.2 Å². The van der Waals surface area contributed by atoms with E-state index in [0.29, 0.717) is 5.56 Å². The lowest BCUT2D eigenvalue weighted by atomic mass is 10.2. The summed E-state index contributed by atoms with van der Waals surface area (Å²) in [6.07, 6.45) is -4.59. The fourth-order valence-corrected chi connectivity index (χ4v) is 2.36. The van der Waals surface area contributed by atoms with Gasteiger partial charge in [-0.25, -0.2) is 0 Å². The molecule has 2 aromatic carbocycles. The summed E-state index contributed by atoms with van der Waals surface area (Å²) >= 11 is 5.56. The SMILES string of the molecule is O=c1[nH]c(Nc2ccc(Cl)c(C(F)(F)F)c2)nnc1-c1ccccc1.